The van der Waals surface area contributed by atoms with Gasteiger partial charge < -0.3 is 20.7 Å². The highest BCUT2D eigenvalue weighted by Gasteiger charge is 2.41. The van der Waals surface area contributed by atoms with Crippen LogP contribution in [-0.4, -0.2) is 61.5 Å². The molecule has 1 aliphatic rings. The molecule has 1 atom stereocenters. The van der Waals surface area contributed by atoms with E-state index in [4.69, 9.17) is 5.73 Å². The van der Waals surface area contributed by atoms with Crippen molar-refractivity contribution in [3.8, 4) is 5.75 Å². The topological polar surface area (TPSA) is 122 Å². The number of piperazine rings is 1. The van der Waals surface area contributed by atoms with Crippen molar-refractivity contribution in [3.63, 3.8) is 0 Å². The Kier molecular flexibility index (Phi) is 11.5. The van der Waals surface area contributed by atoms with Gasteiger partial charge in [-0.05, 0) is 47.7 Å². The third kappa shape index (κ3) is 9.38. The number of benzene rings is 2. The van der Waals surface area contributed by atoms with Crippen LogP contribution in [0.3, 0.4) is 0 Å². The van der Waals surface area contributed by atoms with Gasteiger partial charge in [-0.15, -0.1) is 13.2 Å². The van der Waals surface area contributed by atoms with Gasteiger partial charge in [-0.1, -0.05) is 49.9 Å². The lowest BCUT2D eigenvalue weighted by atomic mass is 10.0. The van der Waals surface area contributed by atoms with Crippen LogP contribution in [0, 0.1) is 0 Å². The highest BCUT2D eigenvalue weighted by molar-refractivity contribution is 7.89. The molecule has 2 amide bonds. The number of carbonyl (C=O) groups excluding carboxylic acids is 2. The van der Waals surface area contributed by atoms with E-state index in [1.807, 2.05) is 0 Å². The van der Waals surface area contributed by atoms with Crippen molar-refractivity contribution in [3.05, 3.63) is 96.2 Å². The highest BCUT2D eigenvalue weighted by Crippen LogP contribution is 2.31. The number of nitrogens with one attached hydrogen (secondary N) is 1. The quantitative estimate of drug-likeness (QED) is 0.255. The highest BCUT2D eigenvalue weighted by atomic mass is 32.2. The minimum Gasteiger partial charge on any atom is -0.406 e. The Morgan fingerprint density at radius 3 is 2.27 bits per heavy atom. The molecule has 244 valence electrons. The van der Waals surface area contributed by atoms with Crippen LogP contribution >= 0.6 is 0 Å². The average molecular weight is 657 g/mol. The van der Waals surface area contributed by atoms with E-state index in [0.29, 0.717) is 11.1 Å². The standard InChI is InChI=1S/C30H33F5N4O5S/c1-3-5-21(14-15-36)18-27(40)38-16-17-39(45(42,43)25-12-10-24(11-13-25)44-30(33,34)35)26(20-38)28(41)37-19-22-6-8-23(9-7-22)29(31,32)4-2/h3,5-15,26H,1,4,16-20,36H2,2H3,(H,37,41)/b15-14-,21-5+/t26-/m1/s1. The fourth-order valence-corrected chi connectivity index (χ4v) is 6.13. The van der Waals surface area contributed by atoms with E-state index in [-0.39, 0.29) is 38.2 Å². The van der Waals surface area contributed by atoms with Crippen molar-refractivity contribution in [1.29, 1.82) is 0 Å². The molecule has 0 radical (unpaired) electrons. The van der Waals surface area contributed by atoms with Crippen LogP contribution in [0.25, 0.3) is 0 Å². The SMILES string of the molecule is C=C/C=C(\C=C/N)CC(=O)N1CCN(S(=O)(=O)c2ccc(OC(F)(F)F)cc2)[C@@H](C(=O)NCc2ccc(C(F)(F)CC)cc2)C1. The first-order chi connectivity index (χ1) is 21.1. The van der Waals surface area contributed by atoms with Crippen molar-refractivity contribution in [1.82, 2.24) is 14.5 Å². The lowest BCUT2D eigenvalue weighted by molar-refractivity contribution is -0.274. The maximum atomic E-state index is 14.0. The van der Waals surface area contributed by atoms with Crippen LogP contribution in [-0.2, 0) is 32.1 Å². The monoisotopic (exact) mass is 656 g/mol. The number of hydrogen-bond acceptors (Lipinski definition) is 6. The van der Waals surface area contributed by atoms with Gasteiger partial charge in [0.2, 0.25) is 21.8 Å². The molecule has 3 N–H and O–H groups in total. The largest absolute Gasteiger partial charge is 0.573 e. The molecule has 1 aliphatic heterocycles. The molecule has 2 aromatic rings. The second-order valence-corrected chi connectivity index (χ2v) is 11.9. The van der Waals surface area contributed by atoms with E-state index in [0.717, 1.165) is 28.6 Å². The molecule has 0 saturated carbocycles. The number of carbonyl (C=O) groups is 2. The number of amides is 2. The molecule has 0 unspecified atom stereocenters. The Balaban J connectivity index is 1.86. The zero-order valence-electron chi connectivity index (χ0n) is 24.3. The summed E-state index contributed by atoms with van der Waals surface area (Å²) in [7, 11) is -4.45. The van der Waals surface area contributed by atoms with E-state index in [1.165, 1.54) is 54.4 Å². The molecule has 0 aromatic heterocycles. The summed E-state index contributed by atoms with van der Waals surface area (Å²) in [5.74, 6) is -4.85. The second-order valence-electron chi connectivity index (χ2n) is 9.98. The normalized spacial score (nSPS) is 16.9. The van der Waals surface area contributed by atoms with Crippen LogP contribution < -0.4 is 15.8 Å². The molecular formula is C30H33F5N4O5S. The van der Waals surface area contributed by atoms with Gasteiger partial charge in [0, 0.05) is 38.2 Å². The molecule has 2 aromatic carbocycles. The number of rotatable bonds is 12. The lowest BCUT2D eigenvalue weighted by Gasteiger charge is -2.39. The molecule has 45 heavy (non-hydrogen) atoms. The van der Waals surface area contributed by atoms with Crippen molar-refractivity contribution in [2.45, 2.75) is 49.5 Å². The molecule has 3 rings (SSSR count). The predicted octanol–water partition coefficient (Wildman–Crippen LogP) is 4.58. The van der Waals surface area contributed by atoms with Crippen molar-refractivity contribution in [2.24, 2.45) is 5.73 Å². The predicted molar refractivity (Wildman–Crippen MR) is 156 cm³/mol. The summed E-state index contributed by atoms with van der Waals surface area (Å²) in [6.45, 7) is 4.08. The Bertz CT molecular complexity index is 1530. The average Bonchev–Trinajstić information content (AvgIpc) is 2.99. The fraction of sp³-hybridized carbons (Fsp3) is 0.333. The van der Waals surface area contributed by atoms with Crippen LogP contribution in [0.4, 0.5) is 22.0 Å². The minimum absolute atomic E-state index is 0.0854. The summed E-state index contributed by atoms with van der Waals surface area (Å²) in [4.78, 5) is 27.5. The van der Waals surface area contributed by atoms with Gasteiger partial charge in [0.15, 0.2) is 0 Å². The molecule has 0 bridgehead atoms. The van der Waals surface area contributed by atoms with Crippen molar-refractivity contribution in [2.75, 3.05) is 19.6 Å². The van der Waals surface area contributed by atoms with Crippen LogP contribution in [0.15, 0.2) is 90.0 Å². The number of sulfonamides is 1. The first-order valence-electron chi connectivity index (χ1n) is 13.7. The third-order valence-electron chi connectivity index (χ3n) is 6.94. The third-order valence-corrected chi connectivity index (χ3v) is 8.86. The van der Waals surface area contributed by atoms with Gasteiger partial charge in [-0.3, -0.25) is 9.59 Å². The van der Waals surface area contributed by atoms with E-state index in [2.05, 4.69) is 16.6 Å². The van der Waals surface area contributed by atoms with E-state index in [1.54, 1.807) is 6.08 Å². The van der Waals surface area contributed by atoms with Crippen LogP contribution in [0.5, 0.6) is 5.75 Å². The summed E-state index contributed by atoms with van der Waals surface area (Å²) >= 11 is 0. The van der Waals surface area contributed by atoms with Crippen LogP contribution in [0.1, 0.15) is 30.9 Å². The number of alkyl halides is 5. The Morgan fingerprint density at radius 2 is 1.71 bits per heavy atom. The van der Waals surface area contributed by atoms with E-state index < -0.39 is 57.2 Å². The molecule has 1 heterocycles. The van der Waals surface area contributed by atoms with Gasteiger partial charge in [-0.2, -0.15) is 4.31 Å². The zero-order chi connectivity index (χ0) is 33.4. The molecular weight excluding hydrogens is 623 g/mol. The molecule has 15 heteroatoms. The maximum Gasteiger partial charge on any atom is 0.573 e. The Morgan fingerprint density at radius 1 is 1.07 bits per heavy atom. The summed E-state index contributed by atoms with van der Waals surface area (Å²) in [5.41, 5.74) is 6.24. The maximum absolute atomic E-state index is 14.0. The summed E-state index contributed by atoms with van der Waals surface area (Å²) in [5, 5.41) is 2.60. The van der Waals surface area contributed by atoms with Gasteiger partial charge >= 0.3 is 6.36 Å². The molecule has 9 nitrogen and oxygen atoms in total. The molecule has 0 spiro atoms. The van der Waals surface area contributed by atoms with Gasteiger partial charge in [0.25, 0.3) is 5.92 Å². The van der Waals surface area contributed by atoms with Gasteiger partial charge in [-0.25, -0.2) is 17.2 Å². The number of ether oxygens (including phenoxy) is 1. The lowest BCUT2D eigenvalue weighted by Crippen LogP contribution is -2.61. The smallest absolute Gasteiger partial charge is 0.406 e. The van der Waals surface area contributed by atoms with Crippen molar-refractivity contribution >= 4 is 21.8 Å². The summed E-state index contributed by atoms with van der Waals surface area (Å²) in [6, 6.07) is 7.36. The fourth-order valence-electron chi connectivity index (χ4n) is 4.56. The van der Waals surface area contributed by atoms with E-state index >= 15 is 0 Å². The Labute approximate surface area is 257 Å². The Hall–Kier alpha value is -4.24. The number of hydrogen-bond donors (Lipinski definition) is 2. The van der Waals surface area contributed by atoms with E-state index in [9.17, 15) is 40.0 Å². The van der Waals surface area contributed by atoms with Gasteiger partial charge in [0.05, 0.1) is 11.3 Å². The number of nitrogens with zero attached hydrogens (tertiary/aromatic N) is 2. The first-order valence-corrected chi connectivity index (χ1v) is 15.2. The zero-order valence-corrected chi connectivity index (χ0v) is 25.1. The molecule has 0 aliphatic carbocycles. The summed E-state index contributed by atoms with van der Waals surface area (Å²) < 4.78 is 97.6. The molecule has 1 saturated heterocycles. The van der Waals surface area contributed by atoms with Crippen molar-refractivity contribution < 1.29 is 44.7 Å². The first kappa shape index (κ1) is 35.2. The molecule has 1 fully saturated rings. The van der Waals surface area contributed by atoms with Crippen LogP contribution in [0.2, 0.25) is 0 Å². The number of nitrogens with two attached hydrogens (primary N) is 1. The number of halogens is 5. The summed E-state index contributed by atoms with van der Waals surface area (Å²) in [6.07, 6.45) is 0.281. The number of allylic oxidation sites excluding steroid dienone is 3. The minimum atomic E-state index is -4.98. The second kappa shape index (κ2) is 14.7. The van der Waals surface area contributed by atoms with Gasteiger partial charge in [0.1, 0.15) is 11.8 Å².